The van der Waals surface area contributed by atoms with E-state index in [-0.39, 0.29) is 42.4 Å². The third-order valence-corrected chi connectivity index (χ3v) is 4.06. The highest BCUT2D eigenvalue weighted by Crippen LogP contribution is 2.42. The fourth-order valence-corrected chi connectivity index (χ4v) is 2.89. The molecule has 0 N–H and O–H groups in total. The molecule has 2 rings (SSSR count). The lowest BCUT2D eigenvalue weighted by Crippen LogP contribution is -2.51. The van der Waals surface area contributed by atoms with Gasteiger partial charge >= 0.3 is 5.97 Å². The summed E-state index contributed by atoms with van der Waals surface area (Å²) in [4.78, 5) is 14.3. The van der Waals surface area contributed by atoms with E-state index >= 15 is 0 Å². The van der Waals surface area contributed by atoms with E-state index in [4.69, 9.17) is 11.6 Å². The molecule has 0 amide bonds. The van der Waals surface area contributed by atoms with Gasteiger partial charge in [0.15, 0.2) is 0 Å². The number of piperidine rings is 1. The summed E-state index contributed by atoms with van der Waals surface area (Å²) in [6, 6.07) is -1.78. The van der Waals surface area contributed by atoms with Gasteiger partial charge in [-0.2, -0.15) is 0 Å². The molecule has 1 aliphatic heterocycles. The Labute approximate surface area is 141 Å². The van der Waals surface area contributed by atoms with Crippen molar-refractivity contribution in [2.75, 3.05) is 20.1 Å². The molecule has 21 heavy (non-hydrogen) atoms. The van der Waals surface area contributed by atoms with E-state index in [0.717, 1.165) is 0 Å². The number of esters is 1. The molecule has 1 aliphatic rings. The van der Waals surface area contributed by atoms with Crippen molar-refractivity contribution in [3.8, 4) is 0 Å². The first-order valence-electron chi connectivity index (χ1n) is 9.67. The molecule has 1 saturated heterocycles. The highest BCUT2D eigenvalue weighted by molar-refractivity contribution is 5.85. The molecular formula is C17H26ClNO2. The molecule has 2 atom stereocenters. The number of hydrogen-bond acceptors (Lipinski definition) is 3. The standard InChI is InChI=1S/C17H25NO2.ClH/c1-4-14-13-18(3)12-11-17(14,20-16(19)5-2)15-9-7-6-8-10-15;/h6-10,14H,4-5,11-13H2,1-3H3;1H/t14-,17-;/m1./s1/i6D,7D,8D,9D,10D;. The third-order valence-electron chi connectivity index (χ3n) is 4.06. The first-order chi connectivity index (χ1) is 11.7. The quantitative estimate of drug-likeness (QED) is 0.795. The minimum atomic E-state index is -1.19. The largest absolute Gasteiger partial charge is 0.454 e. The number of hydrogen-bond donors (Lipinski definition) is 0. The maximum Gasteiger partial charge on any atom is 0.306 e. The van der Waals surface area contributed by atoms with Crippen molar-refractivity contribution in [3.63, 3.8) is 0 Å². The topological polar surface area (TPSA) is 29.5 Å². The Hall–Kier alpha value is -1.06. The van der Waals surface area contributed by atoms with Crippen LogP contribution in [0.2, 0.25) is 0 Å². The number of halogens is 1. The van der Waals surface area contributed by atoms with Crippen LogP contribution in [0.5, 0.6) is 0 Å². The number of benzene rings is 1. The molecule has 0 bridgehead atoms. The van der Waals surface area contributed by atoms with Crippen molar-refractivity contribution in [1.82, 2.24) is 4.90 Å². The first kappa shape index (κ1) is 11.5. The smallest absolute Gasteiger partial charge is 0.306 e. The van der Waals surface area contributed by atoms with Gasteiger partial charge in [0, 0.05) is 31.8 Å². The number of carbonyl (C=O) groups excluding carboxylic acids is 1. The maximum atomic E-state index is 12.2. The molecule has 0 aromatic heterocycles. The Morgan fingerprint density at radius 2 is 2.10 bits per heavy atom. The van der Waals surface area contributed by atoms with Gasteiger partial charge in [-0.25, -0.2) is 0 Å². The van der Waals surface area contributed by atoms with Crippen LogP contribution in [-0.2, 0) is 15.1 Å². The fraction of sp³-hybridized carbons (Fsp3) is 0.588. The van der Waals surface area contributed by atoms with Crippen molar-refractivity contribution < 1.29 is 16.4 Å². The second-order valence-electron chi connectivity index (χ2n) is 5.33. The SMILES string of the molecule is Cl.[2H]c1c([2H])c([2H])c([C@@]2(OC(=O)CC)CCN(C)C[C@H]2CC)c([2H])c1[2H]. The van der Waals surface area contributed by atoms with E-state index in [9.17, 15) is 4.79 Å². The van der Waals surface area contributed by atoms with Crippen molar-refractivity contribution in [1.29, 1.82) is 0 Å². The van der Waals surface area contributed by atoms with Crippen molar-refractivity contribution in [3.05, 3.63) is 35.8 Å². The van der Waals surface area contributed by atoms with Crippen LogP contribution in [0.15, 0.2) is 30.2 Å². The van der Waals surface area contributed by atoms with Crippen LogP contribution in [0.1, 0.15) is 45.5 Å². The molecule has 0 unspecified atom stereocenters. The Kier molecular flexibility index (Phi) is 4.28. The highest BCUT2D eigenvalue weighted by atomic mass is 35.5. The van der Waals surface area contributed by atoms with E-state index in [1.807, 2.05) is 14.0 Å². The van der Waals surface area contributed by atoms with E-state index in [1.165, 1.54) is 0 Å². The molecule has 118 valence electrons. The minimum Gasteiger partial charge on any atom is -0.454 e. The number of nitrogens with zero attached hydrogens (tertiary/aromatic N) is 1. The molecule has 4 heteroatoms. The zero-order valence-electron chi connectivity index (χ0n) is 17.8. The fourth-order valence-electron chi connectivity index (χ4n) is 2.89. The van der Waals surface area contributed by atoms with Gasteiger partial charge in [0.05, 0.1) is 6.85 Å². The van der Waals surface area contributed by atoms with Crippen LogP contribution >= 0.6 is 12.4 Å². The van der Waals surface area contributed by atoms with Gasteiger partial charge in [-0.3, -0.25) is 4.79 Å². The second-order valence-corrected chi connectivity index (χ2v) is 5.33. The molecule has 1 fully saturated rings. The van der Waals surface area contributed by atoms with Crippen molar-refractivity contribution in [2.45, 2.75) is 38.7 Å². The van der Waals surface area contributed by atoms with E-state index in [0.29, 0.717) is 25.9 Å². The van der Waals surface area contributed by atoms with Crippen LogP contribution in [0, 0.1) is 5.92 Å². The summed E-state index contributed by atoms with van der Waals surface area (Å²) in [6.07, 6.45) is 1.25. The Morgan fingerprint density at radius 1 is 1.43 bits per heavy atom. The molecule has 1 aromatic rings. The monoisotopic (exact) mass is 316 g/mol. The average molecular weight is 317 g/mol. The summed E-state index contributed by atoms with van der Waals surface area (Å²) < 4.78 is 46.3. The van der Waals surface area contributed by atoms with Crippen LogP contribution in [0.3, 0.4) is 0 Å². The Bertz CT molecular complexity index is 659. The summed E-state index contributed by atoms with van der Waals surface area (Å²) >= 11 is 0. The highest BCUT2D eigenvalue weighted by Gasteiger charge is 2.45. The van der Waals surface area contributed by atoms with Gasteiger partial charge < -0.3 is 9.64 Å². The number of rotatable bonds is 4. The maximum absolute atomic E-state index is 12.2. The molecule has 1 heterocycles. The zero-order chi connectivity index (χ0) is 18.9. The Morgan fingerprint density at radius 3 is 2.67 bits per heavy atom. The van der Waals surface area contributed by atoms with Gasteiger partial charge in [-0.1, -0.05) is 44.1 Å². The normalized spacial score (nSPS) is 29.3. The van der Waals surface area contributed by atoms with E-state index in [2.05, 4.69) is 4.90 Å². The number of ether oxygens (including phenoxy) is 1. The number of carbonyl (C=O) groups is 1. The molecular weight excluding hydrogens is 286 g/mol. The summed E-state index contributed by atoms with van der Waals surface area (Å²) in [5.74, 6) is -0.569. The molecule has 0 aliphatic carbocycles. The van der Waals surface area contributed by atoms with E-state index < -0.39 is 29.7 Å². The second kappa shape index (κ2) is 7.81. The van der Waals surface area contributed by atoms with Crippen LogP contribution in [-0.4, -0.2) is 31.0 Å². The lowest BCUT2D eigenvalue weighted by atomic mass is 9.74. The van der Waals surface area contributed by atoms with Crippen LogP contribution in [0.4, 0.5) is 0 Å². The molecule has 1 aromatic carbocycles. The minimum absolute atomic E-state index is 0. The number of likely N-dealkylation sites (tertiary alicyclic amines) is 1. The first-order valence-corrected chi connectivity index (χ1v) is 7.17. The zero-order valence-corrected chi connectivity index (χ0v) is 13.6. The lowest BCUT2D eigenvalue weighted by Gasteiger charge is -2.46. The third kappa shape index (κ3) is 3.78. The summed E-state index contributed by atoms with van der Waals surface area (Å²) in [5, 5.41) is 0. The van der Waals surface area contributed by atoms with E-state index in [1.54, 1.807) is 6.92 Å². The molecule has 0 spiro atoms. The Balaban J connectivity index is 0.00000338. The van der Waals surface area contributed by atoms with Crippen LogP contribution < -0.4 is 0 Å². The predicted molar refractivity (Wildman–Crippen MR) is 87.6 cm³/mol. The van der Waals surface area contributed by atoms with Gasteiger partial charge in [0.25, 0.3) is 0 Å². The molecule has 3 nitrogen and oxygen atoms in total. The average Bonchev–Trinajstić information content (AvgIpc) is 2.60. The van der Waals surface area contributed by atoms with Crippen molar-refractivity contribution in [2.24, 2.45) is 5.92 Å². The summed E-state index contributed by atoms with van der Waals surface area (Å²) in [5.41, 5.74) is -1.08. The van der Waals surface area contributed by atoms with Crippen LogP contribution in [0.25, 0.3) is 0 Å². The summed E-state index contributed by atoms with van der Waals surface area (Å²) in [6.45, 7) is 4.91. The molecule has 0 saturated carbocycles. The van der Waals surface area contributed by atoms with Gasteiger partial charge in [0.2, 0.25) is 0 Å². The van der Waals surface area contributed by atoms with Gasteiger partial charge in [-0.15, -0.1) is 12.4 Å². The van der Waals surface area contributed by atoms with Gasteiger partial charge in [0.1, 0.15) is 5.60 Å². The lowest BCUT2D eigenvalue weighted by molar-refractivity contribution is -0.176. The summed E-state index contributed by atoms with van der Waals surface area (Å²) in [7, 11) is 1.97. The van der Waals surface area contributed by atoms with Gasteiger partial charge in [-0.05, 0) is 19.0 Å². The molecule has 0 radical (unpaired) electrons. The predicted octanol–water partition coefficient (Wildman–Crippen LogP) is 3.62. The van der Waals surface area contributed by atoms with Crippen molar-refractivity contribution >= 4 is 18.4 Å².